The molecule has 4 atom stereocenters. The van der Waals surface area contributed by atoms with Crippen LogP contribution in [0.3, 0.4) is 0 Å². The Morgan fingerprint density at radius 3 is 2.44 bits per heavy atom. The summed E-state index contributed by atoms with van der Waals surface area (Å²) in [6.07, 6.45) is -1.01. The molecule has 2 heterocycles. The third-order valence-electron chi connectivity index (χ3n) is 3.48. The molecular weight excluding hydrogens is 264 g/mol. The van der Waals surface area contributed by atoms with Gasteiger partial charge in [-0.15, -0.1) is 22.5 Å². The number of hydrogen-bond donors (Lipinski definition) is 0. The smallest absolute Gasteiger partial charge is 0.294 e. The van der Waals surface area contributed by atoms with Crippen LogP contribution in [0.2, 0.25) is 0 Å². The van der Waals surface area contributed by atoms with E-state index in [1.807, 2.05) is 0 Å². The maximum Gasteiger partial charge on any atom is 0.294 e. The molecule has 0 unspecified atom stereocenters. The summed E-state index contributed by atoms with van der Waals surface area (Å²) in [4.78, 5) is 17.2. The van der Waals surface area contributed by atoms with Gasteiger partial charge in [0, 0.05) is 0 Å². The van der Waals surface area contributed by atoms with E-state index in [1.165, 1.54) is 0 Å². The van der Waals surface area contributed by atoms with E-state index in [-0.39, 0.29) is 37.3 Å². The van der Waals surface area contributed by atoms with E-state index in [9.17, 15) is 10.1 Å². The van der Waals surface area contributed by atoms with Crippen LogP contribution in [0, 0.1) is 10.1 Å². The average molecular weight is 283 g/mol. The maximum absolute atomic E-state index is 10.3. The molecule has 0 spiro atoms. The van der Waals surface area contributed by atoms with Crippen LogP contribution >= 0.6 is 12.4 Å². The van der Waals surface area contributed by atoms with E-state index in [0.717, 1.165) is 13.1 Å². The predicted octanol–water partition coefficient (Wildman–Crippen LogP) is 0.493. The number of nitrogens with zero attached hydrogens (tertiary/aromatic N) is 2. The summed E-state index contributed by atoms with van der Waals surface area (Å²) < 4.78 is 11.2. The SMILES string of the molecule is CCN(CC)[C@H]1CO[C@H]2[C@@H]1OC[C@@H]2O[N+](=O)[O-].Cl. The molecule has 106 valence electrons. The van der Waals surface area contributed by atoms with Crippen LogP contribution in [0.5, 0.6) is 0 Å². The normalized spacial score (nSPS) is 34.2. The van der Waals surface area contributed by atoms with Gasteiger partial charge in [-0.05, 0) is 13.1 Å². The summed E-state index contributed by atoms with van der Waals surface area (Å²) in [5.74, 6) is 0. The van der Waals surface area contributed by atoms with Gasteiger partial charge >= 0.3 is 0 Å². The molecule has 18 heavy (non-hydrogen) atoms. The summed E-state index contributed by atoms with van der Waals surface area (Å²) >= 11 is 0. The van der Waals surface area contributed by atoms with Crippen LogP contribution < -0.4 is 0 Å². The van der Waals surface area contributed by atoms with E-state index in [0.29, 0.717) is 6.61 Å². The number of fused-ring (bicyclic) bond motifs is 1. The number of likely N-dealkylation sites (N-methyl/N-ethyl adjacent to an activating group) is 1. The largest absolute Gasteiger partial charge is 0.371 e. The molecule has 7 nitrogen and oxygen atoms in total. The van der Waals surface area contributed by atoms with Gasteiger partial charge in [-0.25, -0.2) is 0 Å². The first-order valence-corrected chi connectivity index (χ1v) is 5.95. The molecular formula is C10H19ClN2O5. The Morgan fingerprint density at radius 2 is 1.89 bits per heavy atom. The lowest BCUT2D eigenvalue weighted by molar-refractivity contribution is -0.769. The van der Waals surface area contributed by atoms with E-state index in [4.69, 9.17) is 9.47 Å². The summed E-state index contributed by atoms with van der Waals surface area (Å²) in [5, 5.41) is 9.56. The lowest BCUT2D eigenvalue weighted by atomic mass is 10.1. The molecule has 2 fully saturated rings. The zero-order valence-corrected chi connectivity index (χ0v) is 11.3. The van der Waals surface area contributed by atoms with Gasteiger partial charge < -0.3 is 14.3 Å². The van der Waals surface area contributed by atoms with Gasteiger partial charge in [0.2, 0.25) is 0 Å². The monoisotopic (exact) mass is 282 g/mol. The van der Waals surface area contributed by atoms with Gasteiger partial charge in [-0.1, -0.05) is 13.8 Å². The minimum absolute atomic E-state index is 0. The second-order valence-corrected chi connectivity index (χ2v) is 4.25. The van der Waals surface area contributed by atoms with E-state index < -0.39 is 11.2 Å². The first-order chi connectivity index (χ1) is 8.17. The van der Waals surface area contributed by atoms with Gasteiger partial charge in [-0.2, -0.15) is 0 Å². The minimum Gasteiger partial charge on any atom is -0.371 e. The van der Waals surface area contributed by atoms with Crippen LogP contribution in [0.15, 0.2) is 0 Å². The summed E-state index contributed by atoms with van der Waals surface area (Å²) in [7, 11) is 0. The summed E-state index contributed by atoms with van der Waals surface area (Å²) in [6, 6.07) is 0.176. The highest BCUT2D eigenvalue weighted by molar-refractivity contribution is 5.85. The van der Waals surface area contributed by atoms with Crippen molar-refractivity contribution in [1.29, 1.82) is 0 Å². The first-order valence-electron chi connectivity index (χ1n) is 5.95. The quantitative estimate of drug-likeness (QED) is 0.540. The Kier molecular flexibility index (Phi) is 5.58. The third kappa shape index (κ3) is 2.85. The number of rotatable bonds is 5. The molecule has 2 aliphatic rings. The van der Waals surface area contributed by atoms with Crippen molar-refractivity contribution < 1.29 is 19.4 Å². The van der Waals surface area contributed by atoms with Crippen molar-refractivity contribution in [3.63, 3.8) is 0 Å². The number of ether oxygens (including phenoxy) is 2. The van der Waals surface area contributed by atoms with Crippen LogP contribution in [0.1, 0.15) is 13.8 Å². The number of halogens is 1. The molecule has 0 aliphatic carbocycles. The van der Waals surface area contributed by atoms with Crippen LogP contribution in [0.25, 0.3) is 0 Å². The molecule has 2 saturated heterocycles. The molecule has 0 N–H and O–H groups in total. The number of hydrogen-bond acceptors (Lipinski definition) is 6. The summed E-state index contributed by atoms with van der Waals surface area (Å²) in [6.45, 7) is 6.77. The highest BCUT2D eigenvalue weighted by Gasteiger charge is 2.50. The van der Waals surface area contributed by atoms with Gasteiger partial charge in [0.1, 0.15) is 12.2 Å². The molecule has 0 radical (unpaired) electrons. The molecule has 0 aromatic carbocycles. The fourth-order valence-electron chi connectivity index (χ4n) is 2.65. The summed E-state index contributed by atoms with van der Waals surface area (Å²) in [5.41, 5.74) is 0. The highest BCUT2D eigenvalue weighted by Crippen LogP contribution is 2.31. The minimum atomic E-state index is -0.773. The van der Waals surface area contributed by atoms with E-state index >= 15 is 0 Å². The second kappa shape index (κ2) is 6.51. The fraction of sp³-hybridized carbons (Fsp3) is 1.00. The van der Waals surface area contributed by atoms with Crippen molar-refractivity contribution in [2.24, 2.45) is 0 Å². The maximum atomic E-state index is 10.3. The van der Waals surface area contributed by atoms with Gasteiger partial charge in [-0.3, -0.25) is 4.90 Å². The first kappa shape index (κ1) is 15.4. The van der Waals surface area contributed by atoms with Crippen LogP contribution in [0.4, 0.5) is 0 Å². The van der Waals surface area contributed by atoms with Gasteiger partial charge in [0.25, 0.3) is 5.09 Å². The molecule has 2 rings (SSSR count). The Morgan fingerprint density at radius 1 is 1.28 bits per heavy atom. The second-order valence-electron chi connectivity index (χ2n) is 4.25. The Bertz CT molecular complexity index is 289. The lowest BCUT2D eigenvalue weighted by Crippen LogP contribution is -2.44. The third-order valence-corrected chi connectivity index (χ3v) is 3.48. The van der Waals surface area contributed by atoms with Crippen molar-refractivity contribution in [2.75, 3.05) is 26.3 Å². The molecule has 0 aromatic heterocycles. The predicted molar refractivity (Wildman–Crippen MR) is 65.3 cm³/mol. The van der Waals surface area contributed by atoms with Crippen LogP contribution in [-0.2, 0) is 14.3 Å². The Hall–Kier alpha value is -0.630. The van der Waals surface area contributed by atoms with Crippen molar-refractivity contribution in [3.8, 4) is 0 Å². The lowest BCUT2D eigenvalue weighted by Gasteiger charge is -2.28. The molecule has 0 amide bonds. The molecule has 2 aliphatic heterocycles. The van der Waals surface area contributed by atoms with Gasteiger partial charge in [0.15, 0.2) is 6.10 Å². The highest BCUT2D eigenvalue weighted by atomic mass is 35.5. The topological polar surface area (TPSA) is 74.1 Å². The Labute approximate surface area is 112 Å². The Balaban J connectivity index is 0.00000162. The van der Waals surface area contributed by atoms with E-state index in [1.54, 1.807) is 0 Å². The molecule has 0 saturated carbocycles. The van der Waals surface area contributed by atoms with Crippen molar-refractivity contribution >= 4 is 12.4 Å². The van der Waals surface area contributed by atoms with Gasteiger partial charge in [0.05, 0.1) is 19.3 Å². The fourth-order valence-corrected chi connectivity index (χ4v) is 2.65. The van der Waals surface area contributed by atoms with Crippen molar-refractivity contribution in [2.45, 2.75) is 38.2 Å². The average Bonchev–Trinajstić information content (AvgIpc) is 2.84. The van der Waals surface area contributed by atoms with Crippen molar-refractivity contribution in [1.82, 2.24) is 4.90 Å². The molecule has 0 bridgehead atoms. The van der Waals surface area contributed by atoms with Crippen molar-refractivity contribution in [3.05, 3.63) is 10.1 Å². The van der Waals surface area contributed by atoms with E-state index in [2.05, 4.69) is 23.6 Å². The van der Waals surface area contributed by atoms with Crippen LogP contribution in [-0.4, -0.2) is 60.6 Å². The molecule has 0 aromatic rings. The zero-order valence-electron chi connectivity index (χ0n) is 10.5. The molecule has 8 heteroatoms. The standard InChI is InChI=1S/C10H18N2O5.ClH/c1-3-11(4-2)7-5-15-10-8(17-12(13)14)6-16-9(7)10;/h7-10H,3-6H2,1-2H3;1H/t7-,8-,9+,10+;/m0./s1. The zero-order chi connectivity index (χ0) is 12.4.